The van der Waals surface area contributed by atoms with Crippen molar-refractivity contribution in [2.45, 2.75) is 39.2 Å². The van der Waals surface area contributed by atoms with Crippen LogP contribution in [0.3, 0.4) is 0 Å². The molecule has 0 saturated carbocycles. The maximum atomic E-state index is 6.04. The van der Waals surface area contributed by atoms with Crippen LogP contribution in [0.25, 0.3) is 0 Å². The zero-order chi connectivity index (χ0) is 13.4. The SMILES string of the molecule is CCOc1ccc(CCOC)cc1CC(N)CC.Cl. The summed E-state index contributed by atoms with van der Waals surface area (Å²) in [5.41, 5.74) is 8.52. The Hall–Kier alpha value is -0.770. The molecule has 1 unspecified atom stereocenters. The molecule has 1 aromatic carbocycles. The quantitative estimate of drug-likeness (QED) is 0.799. The van der Waals surface area contributed by atoms with Gasteiger partial charge in [0.05, 0.1) is 13.2 Å². The summed E-state index contributed by atoms with van der Waals surface area (Å²) in [6, 6.07) is 6.54. The predicted octanol–water partition coefficient (Wildman–Crippen LogP) is 2.98. The van der Waals surface area contributed by atoms with E-state index in [9.17, 15) is 0 Å². The van der Waals surface area contributed by atoms with E-state index in [4.69, 9.17) is 15.2 Å². The lowest BCUT2D eigenvalue weighted by atomic mass is 10.0. The first-order chi connectivity index (χ1) is 8.71. The molecule has 0 bridgehead atoms. The van der Waals surface area contributed by atoms with Crippen LogP contribution in [0.5, 0.6) is 5.75 Å². The van der Waals surface area contributed by atoms with Crippen LogP contribution in [0.4, 0.5) is 0 Å². The highest BCUT2D eigenvalue weighted by Gasteiger charge is 2.09. The van der Waals surface area contributed by atoms with Crippen molar-refractivity contribution in [3.63, 3.8) is 0 Å². The molecular formula is C15H26ClNO2. The molecule has 0 aromatic heterocycles. The summed E-state index contributed by atoms with van der Waals surface area (Å²) >= 11 is 0. The molecule has 0 aliphatic carbocycles. The van der Waals surface area contributed by atoms with E-state index in [1.165, 1.54) is 11.1 Å². The van der Waals surface area contributed by atoms with Crippen molar-refractivity contribution in [1.82, 2.24) is 0 Å². The summed E-state index contributed by atoms with van der Waals surface area (Å²) in [6.45, 7) is 5.54. The first kappa shape index (κ1) is 18.2. The number of rotatable bonds is 8. The third-order valence-electron chi connectivity index (χ3n) is 3.03. The van der Waals surface area contributed by atoms with Gasteiger partial charge in [-0.25, -0.2) is 0 Å². The Labute approximate surface area is 122 Å². The molecule has 2 N–H and O–H groups in total. The van der Waals surface area contributed by atoms with Crippen LogP contribution in [0.1, 0.15) is 31.4 Å². The van der Waals surface area contributed by atoms with Gasteiger partial charge in [-0.3, -0.25) is 0 Å². The third-order valence-corrected chi connectivity index (χ3v) is 3.03. The van der Waals surface area contributed by atoms with E-state index in [0.717, 1.165) is 31.6 Å². The van der Waals surface area contributed by atoms with Crippen LogP contribution < -0.4 is 10.5 Å². The number of hydrogen-bond donors (Lipinski definition) is 1. The Kier molecular flexibility index (Phi) is 9.66. The van der Waals surface area contributed by atoms with Crippen LogP contribution in [0.2, 0.25) is 0 Å². The van der Waals surface area contributed by atoms with E-state index in [1.54, 1.807) is 7.11 Å². The number of hydrogen-bond acceptors (Lipinski definition) is 3. The monoisotopic (exact) mass is 287 g/mol. The van der Waals surface area contributed by atoms with Crippen LogP contribution in [0, 0.1) is 0 Å². The van der Waals surface area contributed by atoms with Gasteiger partial charge in [0.2, 0.25) is 0 Å². The fourth-order valence-electron chi connectivity index (χ4n) is 1.89. The van der Waals surface area contributed by atoms with Crippen LogP contribution in [-0.2, 0) is 17.6 Å². The van der Waals surface area contributed by atoms with E-state index >= 15 is 0 Å². The lowest BCUT2D eigenvalue weighted by molar-refractivity contribution is 0.202. The molecule has 0 radical (unpaired) electrons. The van der Waals surface area contributed by atoms with Gasteiger partial charge >= 0.3 is 0 Å². The summed E-state index contributed by atoms with van der Waals surface area (Å²) in [4.78, 5) is 0. The van der Waals surface area contributed by atoms with Gasteiger partial charge in [0.15, 0.2) is 0 Å². The highest BCUT2D eigenvalue weighted by atomic mass is 35.5. The Balaban J connectivity index is 0.00000324. The number of halogens is 1. The summed E-state index contributed by atoms with van der Waals surface area (Å²) in [5.74, 6) is 0.961. The maximum absolute atomic E-state index is 6.04. The van der Waals surface area contributed by atoms with Crippen LogP contribution in [-0.4, -0.2) is 26.4 Å². The Morgan fingerprint density at radius 3 is 2.58 bits per heavy atom. The normalized spacial score (nSPS) is 11.8. The second kappa shape index (κ2) is 10.1. The second-order valence-electron chi connectivity index (χ2n) is 4.49. The number of methoxy groups -OCH3 is 1. The molecule has 0 heterocycles. The summed E-state index contributed by atoms with van der Waals surface area (Å²) < 4.78 is 10.8. The fourth-order valence-corrected chi connectivity index (χ4v) is 1.89. The zero-order valence-electron chi connectivity index (χ0n) is 12.1. The van der Waals surface area contributed by atoms with Crippen LogP contribution >= 0.6 is 12.4 Å². The summed E-state index contributed by atoms with van der Waals surface area (Å²) in [6.07, 6.45) is 2.78. The molecule has 0 spiro atoms. The smallest absolute Gasteiger partial charge is 0.122 e. The number of ether oxygens (including phenoxy) is 2. The van der Waals surface area contributed by atoms with Gasteiger partial charge in [-0.2, -0.15) is 0 Å². The molecule has 0 fully saturated rings. The highest BCUT2D eigenvalue weighted by Crippen LogP contribution is 2.22. The molecule has 0 aliphatic heterocycles. The van der Waals surface area contributed by atoms with E-state index in [-0.39, 0.29) is 18.4 Å². The molecule has 1 atom stereocenters. The van der Waals surface area contributed by atoms with Crippen molar-refractivity contribution in [2.24, 2.45) is 5.73 Å². The first-order valence-corrected chi connectivity index (χ1v) is 6.70. The molecule has 0 saturated heterocycles. The van der Waals surface area contributed by atoms with Gasteiger partial charge in [-0.1, -0.05) is 19.1 Å². The molecule has 1 rings (SSSR count). The van der Waals surface area contributed by atoms with Crippen molar-refractivity contribution in [1.29, 1.82) is 0 Å². The minimum Gasteiger partial charge on any atom is -0.494 e. The fraction of sp³-hybridized carbons (Fsp3) is 0.600. The van der Waals surface area contributed by atoms with E-state index < -0.39 is 0 Å². The van der Waals surface area contributed by atoms with Gasteiger partial charge in [0.25, 0.3) is 0 Å². The largest absolute Gasteiger partial charge is 0.494 e. The van der Waals surface area contributed by atoms with Gasteiger partial charge in [-0.05, 0) is 43.4 Å². The van der Waals surface area contributed by atoms with Gasteiger partial charge in [0, 0.05) is 13.2 Å². The highest BCUT2D eigenvalue weighted by molar-refractivity contribution is 5.85. The standard InChI is InChI=1S/C15H25NO2.ClH/c1-4-14(16)11-13-10-12(8-9-17-3)6-7-15(13)18-5-2;/h6-7,10,14H,4-5,8-9,11,16H2,1-3H3;1H. The minimum absolute atomic E-state index is 0. The molecule has 0 aliphatic rings. The average Bonchev–Trinajstić information content (AvgIpc) is 2.39. The second-order valence-corrected chi connectivity index (χ2v) is 4.49. The van der Waals surface area contributed by atoms with Gasteiger partial charge in [0.1, 0.15) is 5.75 Å². The van der Waals surface area contributed by atoms with Crippen molar-refractivity contribution in [3.05, 3.63) is 29.3 Å². The van der Waals surface area contributed by atoms with Crippen molar-refractivity contribution >= 4 is 12.4 Å². The topological polar surface area (TPSA) is 44.5 Å². The Bertz CT molecular complexity index is 358. The zero-order valence-corrected chi connectivity index (χ0v) is 13.0. The molecule has 0 amide bonds. The number of nitrogens with two attached hydrogens (primary N) is 1. The van der Waals surface area contributed by atoms with Crippen molar-refractivity contribution in [2.75, 3.05) is 20.3 Å². The number of benzene rings is 1. The average molecular weight is 288 g/mol. The molecule has 110 valence electrons. The lowest BCUT2D eigenvalue weighted by Crippen LogP contribution is -2.22. The lowest BCUT2D eigenvalue weighted by Gasteiger charge is -2.15. The summed E-state index contributed by atoms with van der Waals surface area (Å²) in [7, 11) is 1.72. The summed E-state index contributed by atoms with van der Waals surface area (Å²) in [5, 5.41) is 0. The van der Waals surface area contributed by atoms with E-state index in [2.05, 4.69) is 19.1 Å². The first-order valence-electron chi connectivity index (χ1n) is 6.70. The molecule has 19 heavy (non-hydrogen) atoms. The molecule has 1 aromatic rings. The Morgan fingerprint density at radius 2 is 2.00 bits per heavy atom. The molecule has 4 heteroatoms. The Morgan fingerprint density at radius 1 is 1.26 bits per heavy atom. The van der Waals surface area contributed by atoms with Gasteiger partial charge < -0.3 is 15.2 Å². The van der Waals surface area contributed by atoms with Crippen molar-refractivity contribution in [3.8, 4) is 5.75 Å². The molecule has 3 nitrogen and oxygen atoms in total. The third kappa shape index (κ3) is 6.28. The van der Waals surface area contributed by atoms with Crippen LogP contribution in [0.15, 0.2) is 18.2 Å². The minimum atomic E-state index is 0. The molecular weight excluding hydrogens is 262 g/mol. The maximum Gasteiger partial charge on any atom is 0.122 e. The predicted molar refractivity (Wildman–Crippen MR) is 82.4 cm³/mol. The van der Waals surface area contributed by atoms with E-state index in [1.807, 2.05) is 13.0 Å². The van der Waals surface area contributed by atoms with Gasteiger partial charge in [-0.15, -0.1) is 12.4 Å². The van der Waals surface area contributed by atoms with E-state index in [0.29, 0.717) is 6.61 Å². The van der Waals surface area contributed by atoms with Crippen molar-refractivity contribution < 1.29 is 9.47 Å².